The Kier molecular flexibility index (Phi) is 5.19. The summed E-state index contributed by atoms with van der Waals surface area (Å²) in [6, 6.07) is 1.59. The van der Waals surface area contributed by atoms with Crippen LogP contribution in [0.15, 0.2) is 11.0 Å². The molecule has 1 aliphatic rings. The maximum absolute atomic E-state index is 12.5. The number of aliphatic hydroxyl groups is 1. The van der Waals surface area contributed by atoms with Crippen molar-refractivity contribution in [2.45, 2.75) is 31.3 Å². The predicted molar refractivity (Wildman–Crippen MR) is 80.5 cm³/mol. The highest BCUT2D eigenvalue weighted by Gasteiger charge is 2.25. The third kappa shape index (κ3) is 3.40. The summed E-state index contributed by atoms with van der Waals surface area (Å²) in [5.41, 5.74) is 0. The molecule has 5 nitrogen and oxygen atoms in total. The van der Waals surface area contributed by atoms with Crippen LogP contribution < -0.4 is 0 Å². The van der Waals surface area contributed by atoms with Gasteiger partial charge in [0.05, 0.1) is 11.5 Å². The minimum absolute atomic E-state index is 0.113. The lowest BCUT2D eigenvalue weighted by molar-refractivity contribution is 0.285. The van der Waals surface area contributed by atoms with Crippen molar-refractivity contribution in [3.8, 4) is 0 Å². The highest BCUT2D eigenvalue weighted by Crippen LogP contribution is 2.27. The van der Waals surface area contributed by atoms with Gasteiger partial charge < -0.3 is 10.0 Å². The van der Waals surface area contributed by atoms with Crippen molar-refractivity contribution in [1.29, 1.82) is 0 Å². The van der Waals surface area contributed by atoms with Gasteiger partial charge in [0.2, 0.25) is 10.0 Å². The van der Waals surface area contributed by atoms with Gasteiger partial charge in [-0.2, -0.15) is 4.31 Å². The predicted octanol–water partition coefficient (Wildman–Crippen LogP) is 1.27. The first kappa shape index (κ1) is 15.9. The number of thiophene rings is 1. The van der Waals surface area contributed by atoms with Crippen molar-refractivity contribution in [2.24, 2.45) is 0 Å². The summed E-state index contributed by atoms with van der Waals surface area (Å²) in [6.07, 6.45) is 2.42. The Labute approximate surface area is 124 Å². The van der Waals surface area contributed by atoms with E-state index < -0.39 is 10.0 Å². The summed E-state index contributed by atoms with van der Waals surface area (Å²) in [6.45, 7) is 5.10. The summed E-state index contributed by atoms with van der Waals surface area (Å²) in [5.74, 6) is 0. The second-order valence-electron chi connectivity index (χ2n) is 5.17. The number of likely N-dealkylation sites (tertiary alicyclic amines) is 1. The van der Waals surface area contributed by atoms with Crippen LogP contribution in [0.1, 0.15) is 22.6 Å². The van der Waals surface area contributed by atoms with Crippen LogP contribution in [-0.2, 0) is 16.6 Å². The van der Waals surface area contributed by atoms with Crippen LogP contribution in [0.4, 0.5) is 0 Å². The molecule has 0 aliphatic carbocycles. The first-order valence-corrected chi connectivity index (χ1v) is 9.09. The standard InChI is InChI=1S/C13H22N2O3S2/c1-11-13(9-12(10-16)19-11)20(17,18)14(2)7-8-15-5-3-4-6-15/h9,16H,3-8,10H2,1-2H3. The van der Waals surface area contributed by atoms with Gasteiger partial charge in [0, 0.05) is 29.9 Å². The molecular formula is C13H22N2O3S2. The molecule has 0 spiro atoms. The van der Waals surface area contributed by atoms with Gasteiger partial charge in [-0.3, -0.25) is 0 Å². The molecule has 1 saturated heterocycles. The average Bonchev–Trinajstić information content (AvgIpc) is 3.04. The number of hydrogen-bond acceptors (Lipinski definition) is 5. The van der Waals surface area contributed by atoms with Crippen LogP contribution in [-0.4, -0.2) is 56.0 Å². The molecule has 0 atom stereocenters. The van der Waals surface area contributed by atoms with E-state index in [1.165, 1.54) is 28.5 Å². The molecule has 0 radical (unpaired) electrons. The fourth-order valence-electron chi connectivity index (χ4n) is 2.43. The Morgan fingerprint density at radius 2 is 2.05 bits per heavy atom. The van der Waals surface area contributed by atoms with E-state index in [0.29, 0.717) is 16.3 Å². The molecule has 1 N–H and O–H groups in total. The minimum Gasteiger partial charge on any atom is -0.391 e. The molecular weight excluding hydrogens is 296 g/mol. The smallest absolute Gasteiger partial charge is 0.243 e. The van der Waals surface area contributed by atoms with Crippen LogP contribution in [0.3, 0.4) is 0 Å². The average molecular weight is 318 g/mol. The number of aryl methyl sites for hydroxylation is 1. The fraction of sp³-hybridized carbons (Fsp3) is 0.692. The van der Waals surface area contributed by atoms with E-state index in [9.17, 15) is 8.42 Å². The zero-order chi connectivity index (χ0) is 14.8. The second kappa shape index (κ2) is 6.53. The SMILES string of the molecule is Cc1sc(CO)cc1S(=O)(=O)N(C)CCN1CCCC1. The molecule has 0 amide bonds. The number of nitrogens with zero attached hydrogens (tertiary/aromatic N) is 2. The Bertz CT molecular complexity index is 548. The summed E-state index contributed by atoms with van der Waals surface area (Å²) < 4.78 is 26.5. The van der Waals surface area contributed by atoms with Crippen LogP contribution in [0.25, 0.3) is 0 Å². The Morgan fingerprint density at radius 1 is 1.40 bits per heavy atom. The van der Waals surface area contributed by atoms with E-state index >= 15 is 0 Å². The Balaban J connectivity index is 2.05. The van der Waals surface area contributed by atoms with Gasteiger partial charge in [-0.25, -0.2) is 8.42 Å². The third-order valence-electron chi connectivity index (χ3n) is 3.70. The topological polar surface area (TPSA) is 60.9 Å². The molecule has 2 rings (SSSR count). The molecule has 7 heteroatoms. The highest BCUT2D eigenvalue weighted by molar-refractivity contribution is 7.89. The molecule has 0 aromatic carbocycles. The van der Waals surface area contributed by atoms with E-state index in [1.807, 2.05) is 0 Å². The highest BCUT2D eigenvalue weighted by atomic mass is 32.2. The van der Waals surface area contributed by atoms with Gasteiger partial charge in [0.25, 0.3) is 0 Å². The van der Waals surface area contributed by atoms with Gasteiger partial charge in [-0.1, -0.05) is 0 Å². The lowest BCUT2D eigenvalue weighted by atomic mass is 10.4. The maximum Gasteiger partial charge on any atom is 0.243 e. The summed E-state index contributed by atoms with van der Waals surface area (Å²) in [4.78, 5) is 4.05. The zero-order valence-corrected chi connectivity index (χ0v) is 13.6. The molecule has 0 bridgehead atoms. The van der Waals surface area contributed by atoms with E-state index in [-0.39, 0.29) is 6.61 Å². The van der Waals surface area contributed by atoms with Gasteiger partial charge in [0.15, 0.2) is 0 Å². The Hall–Kier alpha value is -0.470. The number of aliphatic hydroxyl groups excluding tert-OH is 1. The zero-order valence-electron chi connectivity index (χ0n) is 12.0. The molecule has 0 saturated carbocycles. The van der Waals surface area contributed by atoms with Crippen LogP contribution in [0.5, 0.6) is 0 Å². The summed E-state index contributed by atoms with van der Waals surface area (Å²) in [5, 5.41) is 9.12. The molecule has 1 fully saturated rings. The van der Waals surface area contributed by atoms with Crippen molar-refractivity contribution < 1.29 is 13.5 Å². The number of rotatable bonds is 6. The first-order valence-electron chi connectivity index (χ1n) is 6.84. The van der Waals surface area contributed by atoms with Gasteiger partial charge in [-0.05, 0) is 38.9 Å². The van der Waals surface area contributed by atoms with E-state index in [1.54, 1.807) is 20.0 Å². The molecule has 2 heterocycles. The summed E-state index contributed by atoms with van der Waals surface area (Å²) >= 11 is 1.34. The minimum atomic E-state index is -3.44. The van der Waals surface area contributed by atoms with Crippen LogP contribution >= 0.6 is 11.3 Å². The fourth-order valence-corrected chi connectivity index (χ4v) is 5.06. The van der Waals surface area contributed by atoms with Crippen molar-refractivity contribution in [2.75, 3.05) is 33.2 Å². The number of sulfonamides is 1. The normalized spacial score (nSPS) is 17.2. The van der Waals surface area contributed by atoms with E-state index in [4.69, 9.17) is 5.11 Å². The number of hydrogen-bond donors (Lipinski definition) is 1. The quantitative estimate of drug-likeness (QED) is 0.858. The summed E-state index contributed by atoms with van der Waals surface area (Å²) in [7, 11) is -1.82. The Morgan fingerprint density at radius 3 is 2.60 bits per heavy atom. The molecule has 1 aromatic rings. The first-order chi connectivity index (χ1) is 9.45. The van der Waals surface area contributed by atoms with E-state index in [2.05, 4.69) is 4.90 Å². The van der Waals surface area contributed by atoms with Crippen molar-refractivity contribution in [1.82, 2.24) is 9.21 Å². The molecule has 1 aromatic heterocycles. The van der Waals surface area contributed by atoms with E-state index in [0.717, 1.165) is 24.5 Å². The second-order valence-corrected chi connectivity index (χ2v) is 8.52. The number of likely N-dealkylation sites (N-methyl/N-ethyl adjacent to an activating group) is 1. The largest absolute Gasteiger partial charge is 0.391 e. The van der Waals surface area contributed by atoms with Gasteiger partial charge in [0.1, 0.15) is 0 Å². The maximum atomic E-state index is 12.5. The van der Waals surface area contributed by atoms with Crippen molar-refractivity contribution in [3.05, 3.63) is 15.8 Å². The van der Waals surface area contributed by atoms with Gasteiger partial charge in [-0.15, -0.1) is 11.3 Å². The molecule has 114 valence electrons. The van der Waals surface area contributed by atoms with Crippen LogP contribution in [0, 0.1) is 6.92 Å². The van der Waals surface area contributed by atoms with Gasteiger partial charge >= 0.3 is 0 Å². The van der Waals surface area contributed by atoms with Crippen LogP contribution in [0.2, 0.25) is 0 Å². The monoisotopic (exact) mass is 318 g/mol. The third-order valence-corrected chi connectivity index (χ3v) is 6.84. The molecule has 20 heavy (non-hydrogen) atoms. The van der Waals surface area contributed by atoms with Crippen molar-refractivity contribution >= 4 is 21.4 Å². The lowest BCUT2D eigenvalue weighted by Gasteiger charge is -2.21. The lowest BCUT2D eigenvalue weighted by Crippen LogP contribution is -2.35. The van der Waals surface area contributed by atoms with Crippen molar-refractivity contribution in [3.63, 3.8) is 0 Å². The molecule has 0 unspecified atom stereocenters. The molecule has 1 aliphatic heterocycles.